The van der Waals surface area contributed by atoms with Gasteiger partial charge in [0.05, 0.1) is 5.56 Å². The minimum absolute atomic E-state index is 0.0554. The van der Waals surface area contributed by atoms with Gasteiger partial charge in [-0.2, -0.15) is 0 Å². The molecule has 0 fully saturated rings. The lowest BCUT2D eigenvalue weighted by atomic mass is 10.2. The summed E-state index contributed by atoms with van der Waals surface area (Å²) in [5.41, 5.74) is 0.640. The number of benzene rings is 2. The number of carboxylic acid groups (broad SMARTS) is 2. The fraction of sp³-hybridized carbons (Fsp3) is 0.0625. The number of nitrogens with one attached hydrogen (secondary N) is 1. The van der Waals surface area contributed by atoms with Crippen molar-refractivity contribution < 1.29 is 29.7 Å². The number of phenols is 1. The summed E-state index contributed by atoms with van der Waals surface area (Å²) < 4.78 is 0. The Hall–Kier alpha value is -3.35. The van der Waals surface area contributed by atoms with E-state index in [1.807, 2.05) is 0 Å². The van der Waals surface area contributed by atoms with Gasteiger partial charge in [-0.3, -0.25) is 9.59 Å². The number of carboxylic acids is 2. The van der Waals surface area contributed by atoms with Gasteiger partial charge in [0.15, 0.2) is 0 Å². The monoisotopic (exact) mass is 317 g/mol. The van der Waals surface area contributed by atoms with Crippen molar-refractivity contribution >= 4 is 17.8 Å². The van der Waals surface area contributed by atoms with Crippen LogP contribution in [-0.2, 0) is 4.79 Å². The first-order chi connectivity index (χ1) is 10.9. The third-order valence-electron chi connectivity index (χ3n) is 2.55. The third kappa shape index (κ3) is 6.76. The summed E-state index contributed by atoms with van der Waals surface area (Å²) in [5, 5.41) is 27.8. The van der Waals surface area contributed by atoms with Crippen LogP contribution in [0, 0.1) is 0 Å². The second kappa shape index (κ2) is 8.83. The van der Waals surface area contributed by atoms with Crippen molar-refractivity contribution in [3.8, 4) is 5.75 Å². The van der Waals surface area contributed by atoms with Crippen LogP contribution in [0.3, 0.4) is 0 Å². The van der Waals surface area contributed by atoms with Gasteiger partial charge < -0.3 is 20.6 Å². The first-order valence-corrected chi connectivity index (χ1v) is 6.47. The fourth-order valence-electron chi connectivity index (χ4n) is 1.45. The third-order valence-corrected chi connectivity index (χ3v) is 2.55. The molecule has 0 saturated heterocycles. The molecule has 0 radical (unpaired) electrons. The Bertz CT molecular complexity index is 667. The smallest absolute Gasteiger partial charge is 0.335 e. The van der Waals surface area contributed by atoms with Gasteiger partial charge in [-0.1, -0.05) is 18.2 Å². The zero-order valence-electron chi connectivity index (χ0n) is 12.0. The average molecular weight is 317 g/mol. The molecule has 0 unspecified atom stereocenters. The summed E-state index contributed by atoms with van der Waals surface area (Å²) in [6, 6.07) is 13.8. The number of hydrogen-bond acceptors (Lipinski definition) is 4. The molecule has 2 rings (SSSR count). The molecule has 0 aromatic heterocycles. The standard InChI is InChI=1S/C9H9NO4.C7H6O2/c11-7-3-1-6(2-4-7)9(14)10-5-8(12)13;8-7(9)6-4-2-1-3-5-6/h1-4,11H,5H2,(H,10,14)(H,12,13);1-5H,(H,8,9). The highest BCUT2D eigenvalue weighted by Crippen LogP contribution is 2.09. The molecule has 23 heavy (non-hydrogen) atoms. The van der Waals surface area contributed by atoms with Crippen LogP contribution >= 0.6 is 0 Å². The minimum Gasteiger partial charge on any atom is -0.508 e. The first-order valence-electron chi connectivity index (χ1n) is 6.47. The normalized spacial score (nSPS) is 9.22. The average Bonchev–Trinajstić information content (AvgIpc) is 2.54. The molecule has 1 amide bonds. The van der Waals surface area contributed by atoms with Crippen LogP contribution in [0.4, 0.5) is 0 Å². The molecule has 2 aromatic carbocycles. The van der Waals surface area contributed by atoms with E-state index in [1.165, 1.54) is 24.3 Å². The highest BCUT2D eigenvalue weighted by Gasteiger charge is 2.06. The van der Waals surface area contributed by atoms with Crippen LogP contribution in [0.1, 0.15) is 20.7 Å². The van der Waals surface area contributed by atoms with Crippen LogP contribution in [0.2, 0.25) is 0 Å². The van der Waals surface area contributed by atoms with E-state index < -0.39 is 24.4 Å². The van der Waals surface area contributed by atoms with Gasteiger partial charge in [0.2, 0.25) is 0 Å². The van der Waals surface area contributed by atoms with Crippen LogP contribution in [-0.4, -0.2) is 39.7 Å². The number of amides is 1. The lowest BCUT2D eigenvalue weighted by Crippen LogP contribution is -2.29. The van der Waals surface area contributed by atoms with Crippen molar-refractivity contribution in [3.05, 3.63) is 65.7 Å². The molecule has 0 aliphatic heterocycles. The Morgan fingerprint density at radius 2 is 1.39 bits per heavy atom. The Morgan fingerprint density at radius 1 is 0.826 bits per heavy atom. The van der Waals surface area contributed by atoms with E-state index in [-0.39, 0.29) is 5.75 Å². The van der Waals surface area contributed by atoms with Crippen LogP contribution < -0.4 is 5.32 Å². The van der Waals surface area contributed by atoms with E-state index in [0.717, 1.165) is 0 Å². The van der Waals surface area contributed by atoms with Gasteiger partial charge in [-0.05, 0) is 36.4 Å². The number of carbonyl (C=O) groups is 3. The Kier molecular flexibility index (Phi) is 6.80. The van der Waals surface area contributed by atoms with Gasteiger partial charge in [-0.25, -0.2) is 4.79 Å². The lowest BCUT2D eigenvalue weighted by Gasteiger charge is -2.01. The van der Waals surface area contributed by atoms with E-state index >= 15 is 0 Å². The summed E-state index contributed by atoms with van der Waals surface area (Å²) in [4.78, 5) is 31.5. The van der Waals surface area contributed by atoms with E-state index in [9.17, 15) is 14.4 Å². The molecule has 0 aliphatic rings. The maximum Gasteiger partial charge on any atom is 0.335 e. The van der Waals surface area contributed by atoms with Crippen molar-refractivity contribution in [2.75, 3.05) is 6.54 Å². The molecule has 0 aliphatic carbocycles. The lowest BCUT2D eigenvalue weighted by molar-refractivity contribution is -0.135. The molecule has 120 valence electrons. The van der Waals surface area contributed by atoms with E-state index in [4.69, 9.17) is 15.3 Å². The van der Waals surface area contributed by atoms with Crippen LogP contribution in [0.25, 0.3) is 0 Å². The van der Waals surface area contributed by atoms with E-state index in [0.29, 0.717) is 11.1 Å². The van der Waals surface area contributed by atoms with Crippen molar-refractivity contribution in [1.82, 2.24) is 5.32 Å². The predicted octanol–water partition coefficient (Wildman–Crippen LogP) is 1.59. The SMILES string of the molecule is O=C(O)CNC(=O)c1ccc(O)cc1.O=C(O)c1ccccc1. The molecular formula is C16H15NO6. The Labute approximate surface area is 131 Å². The maximum atomic E-state index is 11.2. The van der Waals surface area contributed by atoms with Gasteiger partial charge >= 0.3 is 11.9 Å². The second-order valence-corrected chi connectivity index (χ2v) is 4.29. The van der Waals surface area contributed by atoms with Crippen molar-refractivity contribution in [2.45, 2.75) is 0 Å². The summed E-state index contributed by atoms with van der Waals surface area (Å²) in [6.07, 6.45) is 0. The summed E-state index contributed by atoms with van der Waals surface area (Å²) in [7, 11) is 0. The zero-order chi connectivity index (χ0) is 17.2. The zero-order valence-corrected chi connectivity index (χ0v) is 12.0. The van der Waals surface area contributed by atoms with Crippen molar-refractivity contribution in [1.29, 1.82) is 0 Å². The molecule has 0 saturated carbocycles. The summed E-state index contributed by atoms with van der Waals surface area (Å²) in [5.74, 6) is -2.40. The topological polar surface area (TPSA) is 124 Å². The number of aliphatic carboxylic acids is 1. The largest absolute Gasteiger partial charge is 0.508 e. The van der Waals surface area contributed by atoms with Gasteiger partial charge in [0.1, 0.15) is 12.3 Å². The van der Waals surface area contributed by atoms with Gasteiger partial charge in [0.25, 0.3) is 5.91 Å². The Balaban J connectivity index is 0.000000253. The number of rotatable bonds is 4. The molecule has 2 aromatic rings. The second-order valence-electron chi connectivity index (χ2n) is 4.29. The van der Waals surface area contributed by atoms with Crippen LogP contribution in [0.15, 0.2) is 54.6 Å². The molecule has 0 bridgehead atoms. The summed E-state index contributed by atoms with van der Waals surface area (Å²) in [6.45, 7) is -0.417. The highest BCUT2D eigenvalue weighted by molar-refractivity contribution is 5.95. The van der Waals surface area contributed by atoms with Crippen molar-refractivity contribution in [3.63, 3.8) is 0 Å². The van der Waals surface area contributed by atoms with E-state index in [1.54, 1.807) is 30.3 Å². The Morgan fingerprint density at radius 3 is 1.83 bits per heavy atom. The first kappa shape index (κ1) is 17.7. The minimum atomic E-state index is -1.10. The fourth-order valence-corrected chi connectivity index (χ4v) is 1.45. The molecule has 7 heteroatoms. The number of aromatic hydroxyl groups is 1. The number of aromatic carboxylic acids is 1. The van der Waals surface area contributed by atoms with Crippen molar-refractivity contribution in [2.24, 2.45) is 0 Å². The molecular weight excluding hydrogens is 302 g/mol. The number of carbonyl (C=O) groups excluding carboxylic acids is 1. The molecule has 0 atom stereocenters. The van der Waals surface area contributed by atoms with Crippen LogP contribution in [0.5, 0.6) is 5.75 Å². The maximum absolute atomic E-state index is 11.2. The molecule has 0 spiro atoms. The molecule has 7 nitrogen and oxygen atoms in total. The van der Waals surface area contributed by atoms with Gasteiger partial charge in [-0.15, -0.1) is 0 Å². The predicted molar refractivity (Wildman–Crippen MR) is 81.5 cm³/mol. The number of hydrogen-bond donors (Lipinski definition) is 4. The van der Waals surface area contributed by atoms with E-state index in [2.05, 4.69) is 5.32 Å². The quantitative estimate of drug-likeness (QED) is 0.679. The molecule has 0 heterocycles. The molecule has 4 N–H and O–H groups in total. The summed E-state index contributed by atoms with van der Waals surface area (Å²) >= 11 is 0. The number of phenolic OH excluding ortho intramolecular Hbond substituents is 1. The highest BCUT2D eigenvalue weighted by atomic mass is 16.4. The van der Waals surface area contributed by atoms with Gasteiger partial charge in [0, 0.05) is 5.56 Å².